The number of rotatable bonds is 4. The number of hydrogen-bond acceptors (Lipinski definition) is 0. The second-order valence-electron chi connectivity index (χ2n) is 33.7. The average Bonchev–Trinajstić information content (AvgIpc) is 1.56. The Labute approximate surface area is 610 Å². The summed E-state index contributed by atoms with van der Waals surface area (Å²) in [5.41, 5.74) is 27.6. The third-order valence-corrected chi connectivity index (χ3v) is 19.3. The predicted octanol–water partition coefficient (Wildman–Crippen LogP) is 28.2. The highest BCUT2D eigenvalue weighted by Crippen LogP contribution is 2.55. The van der Waals surface area contributed by atoms with Gasteiger partial charge in [-0.1, -0.05) is 341 Å². The summed E-state index contributed by atoms with van der Waals surface area (Å²) in [6.45, 7) is 35.7. The van der Waals surface area contributed by atoms with Crippen molar-refractivity contribution in [3.05, 3.63) is 326 Å². The molecule has 19 rings (SSSR count). The van der Waals surface area contributed by atoms with Crippen molar-refractivity contribution in [2.45, 2.75) is 122 Å². The molecule has 0 atom stereocenters. The highest BCUT2D eigenvalue weighted by molar-refractivity contribution is 6.24. The summed E-state index contributed by atoms with van der Waals surface area (Å²) in [6.07, 6.45) is 0. The van der Waals surface area contributed by atoms with Crippen molar-refractivity contribution in [3.63, 3.8) is 0 Å². The Balaban J connectivity index is 0.000000119. The minimum atomic E-state index is -0.0354. The van der Waals surface area contributed by atoms with Crippen LogP contribution < -0.4 is 0 Å². The van der Waals surface area contributed by atoms with Crippen LogP contribution >= 0.6 is 0 Å². The van der Waals surface area contributed by atoms with E-state index in [1.165, 1.54) is 154 Å². The van der Waals surface area contributed by atoms with Gasteiger partial charge in [-0.15, -0.1) is 0 Å². The van der Waals surface area contributed by atoms with E-state index in [2.05, 4.69) is 432 Å². The molecule has 0 saturated heterocycles. The molecule has 0 saturated carbocycles. The first-order valence-electron chi connectivity index (χ1n) is 36.8. The van der Waals surface area contributed by atoms with Crippen LogP contribution in [0.1, 0.15) is 133 Å². The summed E-state index contributed by atoms with van der Waals surface area (Å²) < 4.78 is 9.75. The molecule has 103 heavy (non-hydrogen) atoms. The lowest BCUT2D eigenvalue weighted by Crippen LogP contribution is -2.16. The van der Waals surface area contributed by atoms with E-state index in [0.29, 0.717) is 16.2 Å². The Morgan fingerprint density at radius 3 is 0.845 bits per heavy atom. The zero-order valence-electron chi connectivity index (χ0n) is 63.2. The maximum absolute atomic E-state index is 2.46. The maximum Gasteiger partial charge on any atom is 0.0788 e. The fraction of sp³-hybridized carbons (Fsp3) is 0.212. The van der Waals surface area contributed by atoms with Gasteiger partial charge in [0.15, 0.2) is 0 Å². The second kappa shape index (κ2) is 27.1. The normalized spacial score (nSPS) is 13.2. The summed E-state index contributed by atoms with van der Waals surface area (Å²) in [6, 6.07) is 110. The summed E-state index contributed by atoms with van der Waals surface area (Å²) in [7, 11) is 0. The molecule has 2 aliphatic carbocycles. The Morgan fingerprint density at radius 1 is 0.204 bits per heavy atom. The monoisotopic (exact) mass is 1340 g/mol. The molecule has 4 aromatic heterocycles. The molecule has 2 aliphatic rings. The van der Waals surface area contributed by atoms with E-state index >= 15 is 0 Å². The van der Waals surface area contributed by atoms with E-state index in [4.69, 9.17) is 0 Å². The molecule has 17 aromatic rings. The topological polar surface area (TPSA) is 19.7 Å². The quantitative estimate of drug-likeness (QED) is 0.167. The van der Waals surface area contributed by atoms with Crippen LogP contribution in [0.2, 0.25) is 0 Å². The third kappa shape index (κ3) is 13.2. The van der Waals surface area contributed by atoms with Gasteiger partial charge in [-0.2, -0.15) is 0 Å². The first kappa shape index (κ1) is 69.2. The first-order chi connectivity index (χ1) is 49.3. The van der Waals surface area contributed by atoms with Gasteiger partial charge in [0.1, 0.15) is 0 Å². The Bertz CT molecular complexity index is 5750. The molecule has 0 N–H and O–H groups in total. The molecule has 0 fully saturated rings. The lowest BCUT2D eigenvalue weighted by molar-refractivity contribution is 0.469. The fourth-order valence-corrected chi connectivity index (χ4v) is 15.4. The number of benzene rings is 13. The van der Waals surface area contributed by atoms with E-state index in [1.54, 1.807) is 0 Å². The van der Waals surface area contributed by atoms with Gasteiger partial charge in [0.05, 0.1) is 44.1 Å². The zero-order chi connectivity index (χ0) is 72.3. The molecule has 0 spiro atoms. The van der Waals surface area contributed by atoms with Crippen LogP contribution in [0.5, 0.6) is 0 Å². The third-order valence-electron chi connectivity index (χ3n) is 19.3. The molecule has 0 aliphatic heterocycles. The Hall–Kier alpha value is -10.9. The largest absolute Gasteiger partial charge is 0.309 e. The van der Waals surface area contributed by atoms with E-state index in [1.807, 2.05) is 0 Å². The van der Waals surface area contributed by atoms with Gasteiger partial charge in [-0.3, -0.25) is 0 Å². The number of aromatic nitrogens is 4. The Morgan fingerprint density at radius 2 is 0.466 bits per heavy atom. The van der Waals surface area contributed by atoms with Gasteiger partial charge in [-0.25, -0.2) is 0 Å². The van der Waals surface area contributed by atoms with E-state index < -0.39 is 0 Å². The molecule has 0 bridgehead atoms. The van der Waals surface area contributed by atoms with E-state index in [0.717, 1.165) is 0 Å². The van der Waals surface area contributed by atoms with Gasteiger partial charge >= 0.3 is 0 Å². The lowest BCUT2D eigenvalue weighted by atomic mass is 9.81. The zero-order valence-corrected chi connectivity index (χ0v) is 63.2. The van der Waals surface area contributed by atoms with Crippen molar-refractivity contribution < 1.29 is 0 Å². The summed E-state index contributed by atoms with van der Waals surface area (Å²) in [5.74, 6) is 0. The van der Waals surface area contributed by atoms with Crippen LogP contribution in [-0.2, 0) is 10.8 Å². The van der Waals surface area contributed by atoms with Gasteiger partial charge in [-0.05, 0) is 128 Å². The molecule has 0 radical (unpaired) electrons. The van der Waals surface area contributed by atoms with Crippen molar-refractivity contribution in [3.8, 4) is 45.0 Å². The molecular weight excluding hydrogens is 1250 g/mol. The number of hydrogen-bond donors (Lipinski definition) is 0. The highest BCUT2D eigenvalue weighted by Gasteiger charge is 2.40. The number of nitrogens with zero attached hydrogens (tertiary/aromatic N) is 4. The molecule has 0 amide bonds. The average molecular weight is 1340 g/mol. The molecule has 4 heteroatoms. The molecule has 13 aromatic carbocycles. The molecule has 514 valence electrons. The van der Waals surface area contributed by atoms with E-state index in [9.17, 15) is 0 Å². The summed E-state index contributed by atoms with van der Waals surface area (Å²) in [5, 5.41) is 10.4. The fourth-order valence-electron chi connectivity index (χ4n) is 15.4. The smallest absolute Gasteiger partial charge is 0.0788 e. The predicted molar refractivity (Wildman–Crippen MR) is 447 cm³/mol. The molecule has 4 nitrogen and oxygen atoms in total. The summed E-state index contributed by atoms with van der Waals surface area (Å²) >= 11 is 0. The van der Waals surface area contributed by atoms with Gasteiger partial charge in [0.25, 0.3) is 0 Å². The minimum absolute atomic E-state index is 0.0120. The van der Waals surface area contributed by atoms with Crippen LogP contribution in [0.4, 0.5) is 0 Å². The van der Waals surface area contributed by atoms with Gasteiger partial charge < -0.3 is 18.3 Å². The number of fused-ring (bicyclic) bond motifs is 21. The molecular formula is C99H98N4. The van der Waals surface area contributed by atoms with E-state index in [-0.39, 0.29) is 10.8 Å². The first-order valence-corrected chi connectivity index (χ1v) is 36.8. The van der Waals surface area contributed by atoms with Crippen LogP contribution in [-0.4, -0.2) is 18.3 Å². The van der Waals surface area contributed by atoms with Crippen molar-refractivity contribution in [1.82, 2.24) is 18.3 Å². The molecule has 4 heterocycles. The van der Waals surface area contributed by atoms with Crippen LogP contribution in [0.15, 0.2) is 303 Å². The van der Waals surface area contributed by atoms with Crippen LogP contribution in [0, 0.1) is 16.2 Å². The highest BCUT2D eigenvalue weighted by atomic mass is 15.0. The van der Waals surface area contributed by atoms with Crippen molar-refractivity contribution in [1.29, 1.82) is 0 Å². The van der Waals surface area contributed by atoms with Crippen LogP contribution in [0.25, 0.3) is 132 Å². The number of para-hydroxylation sites is 8. The summed E-state index contributed by atoms with van der Waals surface area (Å²) in [4.78, 5) is 0. The van der Waals surface area contributed by atoms with Crippen molar-refractivity contribution in [2.24, 2.45) is 16.2 Å². The van der Waals surface area contributed by atoms with Crippen molar-refractivity contribution >= 4 is 87.2 Å². The molecule has 0 unspecified atom stereocenters. The lowest BCUT2D eigenvalue weighted by Gasteiger charge is -2.23. The minimum Gasteiger partial charge on any atom is -0.309 e. The SMILES string of the molecule is CC(C)(C)C.CC(C)(C)C.CC(C)(C)C.CC1(C)c2ccccc2-c2c1ccc1c3ccccc3n(-c3ccccc3)c21.CC1(C)c2ccccc2-c2ccc3c4ccccc4n(-c4ccccc4)c3c21.c1ccc(-n2c3ccccc3c3ccc4c5ccccc5n(-c5ccccc5)c4c32)cc1. The van der Waals surface area contributed by atoms with Crippen LogP contribution in [0.3, 0.4) is 0 Å². The van der Waals surface area contributed by atoms with Crippen molar-refractivity contribution in [2.75, 3.05) is 0 Å². The van der Waals surface area contributed by atoms with Gasteiger partial charge in [0, 0.05) is 82.2 Å². The second-order valence-corrected chi connectivity index (χ2v) is 33.7. The standard InChI is InChI=1S/C30H20N2.2C27H21N.3C5H12/c1-3-11-21(12-4-1)31-27-17-9-7-15-23(27)25-19-20-26-24-16-8-10-18-28(24)32(30(26)29(25)31)22-13-5-2-6-14-22;1-27(2)22-14-8-6-13-21(22)25-23(27)17-16-20-19-12-7-9-15-24(19)28(26(20)25)18-10-4-3-5-11-18;1-27(2)23-14-8-6-12-19(23)21-16-17-22-20-13-7-9-15-24(20)28(26(22)25(21)27)18-10-4-3-5-11-18;3*1-5(2,3)4/h1-20H;2*3-17H,1-2H3;3*1-4H3. The van der Waals surface area contributed by atoms with Gasteiger partial charge in [0.2, 0.25) is 0 Å². The maximum atomic E-state index is 2.46. The Kier molecular flexibility index (Phi) is 18.2.